The van der Waals surface area contributed by atoms with Crippen LogP contribution in [0, 0.1) is 0 Å². The highest BCUT2D eigenvalue weighted by atomic mass is 16.3. The zero-order valence-corrected chi connectivity index (χ0v) is 17.1. The Morgan fingerprint density at radius 3 is 2.77 bits per heavy atom. The number of anilines is 2. The molecule has 0 aliphatic carbocycles. The molecule has 0 saturated carbocycles. The second-order valence-corrected chi connectivity index (χ2v) is 6.65. The Labute approximate surface area is 179 Å². The van der Waals surface area contributed by atoms with Crippen LogP contribution >= 0.6 is 0 Å². The van der Waals surface area contributed by atoms with Crippen LogP contribution in [0.15, 0.2) is 70.4 Å². The lowest BCUT2D eigenvalue weighted by Gasteiger charge is -2.07. The molecule has 3 heterocycles. The maximum atomic E-state index is 6.02. The molecule has 1 aromatic carbocycles. The van der Waals surface area contributed by atoms with Gasteiger partial charge >= 0.3 is 0 Å². The fourth-order valence-electron chi connectivity index (χ4n) is 3.07. The lowest BCUT2D eigenvalue weighted by atomic mass is 10.0. The maximum Gasteiger partial charge on any atom is 0.259 e. The summed E-state index contributed by atoms with van der Waals surface area (Å²) in [6.45, 7) is 6.11. The van der Waals surface area contributed by atoms with Crippen molar-refractivity contribution in [2.45, 2.75) is 13.3 Å². The number of aliphatic imine (C=N–C) groups is 1. The first kappa shape index (κ1) is 20.0. The number of nitrogens with two attached hydrogens (primary N) is 1. The van der Waals surface area contributed by atoms with Gasteiger partial charge in [-0.1, -0.05) is 30.3 Å². The van der Waals surface area contributed by atoms with Gasteiger partial charge in [0, 0.05) is 12.7 Å². The Morgan fingerprint density at radius 1 is 1.23 bits per heavy atom. The van der Waals surface area contributed by atoms with Crippen molar-refractivity contribution < 1.29 is 4.42 Å². The van der Waals surface area contributed by atoms with Gasteiger partial charge in [-0.2, -0.15) is 19.5 Å². The molecule has 4 aromatic rings. The van der Waals surface area contributed by atoms with E-state index < -0.39 is 0 Å². The van der Waals surface area contributed by atoms with Gasteiger partial charge in [0.2, 0.25) is 17.7 Å². The third kappa shape index (κ3) is 4.50. The normalized spacial score (nSPS) is 12.0. The number of rotatable bonds is 8. The largest absolute Gasteiger partial charge is 0.461 e. The van der Waals surface area contributed by atoms with Gasteiger partial charge < -0.3 is 15.5 Å². The van der Waals surface area contributed by atoms with Gasteiger partial charge in [-0.15, -0.1) is 5.10 Å². The summed E-state index contributed by atoms with van der Waals surface area (Å²) in [4.78, 5) is 16.8. The molecule has 0 unspecified atom stereocenters. The zero-order chi connectivity index (χ0) is 21.6. The van der Waals surface area contributed by atoms with E-state index in [1.54, 1.807) is 24.6 Å². The number of hydrogen-bond donors (Lipinski definition) is 2. The van der Waals surface area contributed by atoms with Gasteiger partial charge in [0.1, 0.15) is 0 Å². The number of aromatic nitrogens is 5. The van der Waals surface area contributed by atoms with Crippen LogP contribution in [0.5, 0.6) is 0 Å². The number of nitrogens with one attached hydrogen (secondary N) is 1. The highest BCUT2D eigenvalue weighted by Crippen LogP contribution is 2.19. The standard InChI is InChI=1S/C22H22N8O/c1-3-16(11-12-24-2)17-8-6-15(7-9-17)10-13-25-21-27-20(23)30-22(28-21)26-19(29-30)18-5-4-14-31-18/h3-9,11-12,14H,2,10,13H2,1H3,(H3,23,25,26,27,28,29)/b12-11-,16-3+. The smallest absolute Gasteiger partial charge is 0.259 e. The average Bonchev–Trinajstić information content (AvgIpc) is 3.45. The summed E-state index contributed by atoms with van der Waals surface area (Å²) in [5, 5.41) is 7.48. The summed E-state index contributed by atoms with van der Waals surface area (Å²) in [5.74, 6) is 1.90. The Balaban J connectivity index is 1.41. The molecule has 4 rings (SSSR count). The minimum Gasteiger partial charge on any atom is -0.461 e. The van der Waals surface area contributed by atoms with Crippen molar-refractivity contribution >= 4 is 30.0 Å². The lowest BCUT2D eigenvalue weighted by Crippen LogP contribution is -2.12. The number of fused-ring (bicyclic) bond motifs is 1. The van der Waals surface area contributed by atoms with E-state index in [0.717, 1.165) is 17.6 Å². The minimum absolute atomic E-state index is 0.197. The molecule has 0 fully saturated rings. The first-order valence-corrected chi connectivity index (χ1v) is 9.74. The van der Waals surface area contributed by atoms with Gasteiger partial charge in [0.05, 0.1) is 6.26 Å². The SMILES string of the molecule is C=N/C=C\C(=C/C)c1ccc(CCNc2nc(N)n3nc(-c4ccco4)nc3n2)cc1. The molecule has 31 heavy (non-hydrogen) atoms. The minimum atomic E-state index is 0.197. The van der Waals surface area contributed by atoms with E-state index in [-0.39, 0.29) is 5.95 Å². The van der Waals surface area contributed by atoms with Crippen LogP contribution < -0.4 is 11.1 Å². The molecule has 0 aliphatic rings. The van der Waals surface area contributed by atoms with E-state index >= 15 is 0 Å². The fourth-order valence-corrected chi connectivity index (χ4v) is 3.07. The third-order valence-electron chi connectivity index (χ3n) is 4.63. The molecule has 0 atom stereocenters. The molecule has 9 heteroatoms. The maximum absolute atomic E-state index is 6.02. The Morgan fingerprint density at radius 2 is 2.06 bits per heavy atom. The van der Waals surface area contributed by atoms with E-state index in [0.29, 0.717) is 29.9 Å². The van der Waals surface area contributed by atoms with Crippen molar-refractivity contribution in [3.63, 3.8) is 0 Å². The molecule has 0 amide bonds. The molecule has 9 nitrogen and oxygen atoms in total. The highest BCUT2D eigenvalue weighted by molar-refractivity contribution is 5.73. The topological polar surface area (TPSA) is 120 Å². The van der Waals surface area contributed by atoms with E-state index in [2.05, 4.69) is 61.3 Å². The van der Waals surface area contributed by atoms with Crippen LogP contribution in [0.1, 0.15) is 18.1 Å². The molecule has 0 saturated heterocycles. The lowest BCUT2D eigenvalue weighted by molar-refractivity contribution is 0.577. The summed E-state index contributed by atoms with van der Waals surface area (Å²) < 4.78 is 6.71. The van der Waals surface area contributed by atoms with E-state index in [4.69, 9.17) is 10.2 Å². The van der Waals surface area contributed by atoms with Gasteiger partial charge in [-0.3, -0.25) is 4.99 Å². The monoisotopic (exact) mass is 414 g/mol. The fraction of sp³-hybridized carbons (Fsp3) is 0.136. The zero-order valence-electron chi connectivity index (χ0n) is 17.1. The number of nitrogens with zero attached hydrogens (tertiary/aromatic N) is 6. The summed E-state index contributed by atoms with van der Waals surface area (Å²) in [6.07, 6.45) is 8.02. The summed E-state index contributed by atoms with van der Waals surface area (Å²) >= 11 is 0. The Kier molecular flexibility index (Phi) is 5.84. The molecule has 0 bridgehead atoms. The number of allylic oxidation sites excluding steroid dienone is 3. The van der Waals surface area contributed by atoms with Crippen molar-refractivity contribution in [1.29, 1.82) is 0 Å². The van der Waals surface area contributed by atoms with Gasteiger partial charge in [0.15, 0.2) is 5.76 Å². The summed E-state index contributed by atoms with van der Waals surface area (Å²) in [5.41, 5.74) is 9.42. The highest BCUT2D eigenvalue weighted by Gasteiger charge is 2.13. The summed E-state index contributed by atoms with van der Waals surface area (Å²) in [6, 6.07) is 11.9. The van der Waals surface area contributed by atoms with Crippen molar-refractivity contribution in [2.24, 2.45) is 4.99 Å². The average molecular weight is 414 g/mol. The predicted octanol–water partition coefficient (Wildman–Crippen LogP) is 3.63. The second kappa shape index (κ2) is 9.04. The van der Waals surface area contributed by atoms with E-state index in [1.807, 2.05) is 19.1 Å². The number of benzene rings is 1. The molecule has 0 spiro atoms. The van der Waals surface area contributed by atoms with Crippen molar-refractivity contribution in [2.75, 3.05) is 17.6 Å². The molecular formula is C22H22N8O. The van der Waals surface area contributed by atoms with Crippen LogP contribution in [-0.4, -0.2) is 37.8 Å². The molecule has 156 valence electrons. The van der Waals surface area contributed by atoms with Crippen molar-refractivity contribution in [1.82, 2.24) is 24.6 Å². The first-order valence-electron chi connectivity index (χ1n) is 9.74. The van der Waals surface area contributed by atoms with Gasteiger partial charge in [0.25, 0.3) is 5.78 Å². The molecule has 3 N–H and O–H groups in total. The molecule has 0 radical (unpaired) electrons. The Bertz CT molecular complexity index is 1240. The van der Waals surface area contributed by atoms with Gasteiger partial charge in [-0.05, 0) is 55.0 Å². The third-order valence-corrected chi connectivity index (χ3v) is 4.63. The number of nitrogen functional groups attached to an aromatic ring is 1. The Hall–Kier alpha value is -4.27. The van der Waals surface area contributed by atoms with Crippen LogP contribution in [-0.2, 0) is 6.42 Å². The van der Waals surface area contributed by atoms with Gasteiger partial charge in [-0.25, -0.2) is 0 Å². The molecule has 0 aliphatic heterocycles. The van der Waals surface area contributed by atoms with Crippen LogP contribution in [0.25, 0.3) is 22.9 Å². The number of hydrogen-bond acceptors (Lipinski definition) is 8. The molecule has 3 aromatic heterocycles. The molecular weight excluding hydrogens is 392 g/mol. The quantitative estimate of drug-likeness (QED) is 0.334. The first-order chi connectivity index (χ1) is 15.2. The number of furan rings is 1. The van der Waals surface area contributed by atoms with E-state index in [1.165, 1.54) is 10.1 Å². The van der Waals surface area contributed by atoms with Crippen LogP contribution in [0.2, 0.25) is 0 Å². The van der Waals surface area contributed by atoms with Crippen LogP contribution in [0.4, 0.5) is 11.9 Å². The van der Waals surface area contributed by atoms with Crippen molar-refractivity contribution in [3.05, 3.63) is 72.1 Å². The predicted molar refractivity (Wildman–Crippen MR) is 122 cm³/mol. The van der Waals surface area contributed by atoms with E-state index in [9.17, 15) is 0 Å². The second-order valence-electron chi connectivity index (χ2n) is 6.65. The van der Waals surface area contributed by atoms with Crippen molar-refractivity contribution in [3.8, 4) is 11.6 Å². The van der Waals surface area contributed by atoms with Crippen LogP contribution in [0.3, 0.4) is 0 Å². The summed E-state index contributed by atoms with van der Waals surface area (Å²) in [7, 11) is 0.